The van der Waals surface area contributed by atoms with Crippen molar-refractivity contribution in [1.29, 1.82) is 0 Å². The Balaban J connectivity index is 1.73. The zero-order valence-corrected chi connectivity index (χ0v) is 14.2. The maximum absolute atomic E-state index is 9.59. The first kappa shape index (κ1) is 17.5. The molecule has 0 bridgehead atoms. The van der Waals surface area contributed by atoms with Gasteiger partial charge in [-0.15, -0.1) is 0 Å². The van der Waals surface area contributed by atoms with Gasteiger partial charge in [0.2, 0.25) is 0 Å². The summed E-state index contributed by atoms with van der Waals surface area (Å²) in [5.41, 5.74) is 0. The molecule has 1 saturated carbocycles. The lowest BCUT2D eigenvalue weighted by Crippen LogP contribution is -2.45. The molecular weight excluding hydrogens is 276 g/mol. The maximum Gasteiger partial charge on any atom is 0.191 e. The lowest BCUT2D eigenvalue weighted by atomic mass is 9.93. The summed E-state index contributed by atoms with van der Waals surface area (Å²) in [4.78, 5) is 7.29. The van der Waals surface area contributed by atoms with Crippen molar-refractivity contribution in [2.24, 2.45) is 4.99 Å². The first-order valence-corrected chi connectivity index (χ1v) is 9.23. The largest absolute Gasteiger partial charge is 0.393 e. The predicted octanol–water partition coefficient (Wildman–Crippen LogP) is 1.72. The van der Waals surface area contributed by atoms with Gasteiger partial charge < -0.3 is 20.6 Å². The van der Waals surface area contributed by atoms with E-state index in [9.17, 15) is 5.11 Å². The third-order valence-electron chi connectivity index (χ3n) is 4.77. The van der Waals surface area contributed by atoms with Crippen LogP contribution in [-0.2, 0) is 0 Å². The summed E-state index contributed by atoms with van der Waals surface area (Å²) in [6, 6.07) is 0.458. The number of nitrogens with one attached hydrogen (secondary N) is 2. The second-order valence-corrected chi connectivity index (χ2v) is 6.67. The van der Waals surface area contributed by atoms with Gasteiger partial charge in [-0.25, -0.2) is 0 Å². The standard InChI is InChI=1S/C17H34N4O/c1-2-18-17(20-15-7-9-16(22)10-8-15)19-11-14-21-12-5-3-4-6-13-21/h15-16,22H,2-14H2,1H3,(H2,18,19,20). The fraction of sp³-hybridized carbons (Fsp3) is 0.941. The molecule has 2 fully saturated rings. The van der Waals surface area contributed by atoms with E-state index >= 15 is 0 Å². The molecule has 0 aromatic rings. The Morgan fingerprint density at radius 3 is 2.41 bits per heavy atom. The van der Waals surface area contributed by atoms with Crippen molar-refractivity contribution >= 4 is 5.96 Å². The van der Waals surface area contributed by atoms with Crippen LogP contribution in [0.15, 0.2) is 4.99 Å². The van der Waals surface area contributed by atoms with Gasteiger partial charge in [-0.1, -0.05) is 12.8 Å². The molecule has 0 aromatic heterocycles. The molecule has 128 valence electrons. The molecule has 22 heavy (non-hydrogen) atoms. The van der Waals surface area contributed by atoms with E-state index in [-0.39, 0.29) is 6.10 Å². The minimum absolute atomic E-state index is 0.0967. The molecule has 1 heterocycles. The zero-order chi connectivity index (χ0) is 15.6. The van der Waals surface area contributed by atoms with Crippen LogP contribution < -0.4 is 10.6 Å². The molecule has 1 saturated heterocycles. The Morgan fingerprint density at radius 2 is 1.77 bits per heavy atom. The van der Waals surface area contributed by atoms with Gasteiger partial charge in [0.25, 0.3) is 0 Å². The molecule has 1 aliphatic heterocycles. The summed E-state index contributed by atoms with van der Waals surface area (Å²) in [6.45, 7) is 7.41. The quantitative estimate of drug-likeness (QED) is 0.534. The summed E-state index contributed by atoms with van der Waals surface area (Å²) < 4.78 is 0. The summed E-state index contributed by atoms with van der Waals surface area (Å²) in [7, 11) is 0. The average Bonchev–Trinajstić information content (AvgIpc) is 2.78. The minimum Gasteiger partial charge on any atom is -0.393 e. The third kappa shape index (κ3) is 6.53. The summed E-state index contributed by atoms with van der Waals surface area (Å²) >= 11 is 0. The van der Waals surface area contributed by atoms with Crippen LogP contribution in [0.5, 0.6) is 0 Å². The number of likely N-dealkylation sites (tertiary alicyclic amines) is 1. The van der Waals surface area contributed by atoms with Crippen molar-refractivity contribution in [2.45, 2.75) is 70.4 Å². The fourth-order valence-electron chi connectivity index (χ4n) is 3.40. The van der Waals surface area contributed by atoms with E-state index in [1.54, 1.807) is 0 Å². The van der Waals surface area contributed by atoms with Gasteiger partial charge in [-0.05, 0) is 58.5 Å². The van der Waals surface area contributed by atoms with Crippen LogP contribution in [0, 0.1) is 0 Å². The maximum atomic E-state index is 9.59. The van der Waals surface area contributed by atoms with Crippen molar-refractivity contribution in [3.63, 3.8) is 0 Å². The molecule has 3 N–H and O–H groups in total. The smallest absolute Gasteiger partial charge is 0.191 e. The number of hydrogen-bond acceptors (Lipinski definition) is 3. The molecule has 2 rings (SSSR count). The Hall–Kier alpha value is -0.810. The first-order chi connectivity index (χ1) is 10.8. The van der Waals surface area contributed by atoms with Crippen molar-refractivity contribution in [3.05, 3.63) is 0 Å². The number of hydrogen-bond donors (Lipinski definition) is 3. The highest BCUT2D eigenvalue weighted by molar-refractivity contribution is 5.80. The Bertz CT molecular complexity index is 319. The fourth-order valence-corrected chi connectivity index (χ4v) is 3.40. The minimum atomic E-state index is -0.0967. The lowest BCUT2D eigenvalue weighted by Gasteiger charge is -2.27. The number of aliphatic hydroxyl groups is 1. The molecule has 0 unspecified atom stereocenters. The van der Waals surface area contributed by atoms with E-state index in [0.717, 1.165) is 51.3 Å². The molecule has 2 aliphatic rings. The topological polar surface area (TPSA) is 59.9 Å². The molecule has 5 nitrogen and oxygen atoms in total. The average molecular weight is 310 g/mol. The Kier molecular flexibility index (Phi) is 8.02. The van der Waals surface area contributed by atoms with Crippen LogP contribution in [0.25, 0.3) is 0 Å². The van der Waals surface area contributed by atoms with Crippen LogP contribution in [-0.4, -0.2) is 60.8 Å². The molecule has 0 radical (unpaired) electrons. The molecule has 0 aromatic carbocycles. The number of aliphatic imine (C=N–C) groups is 1. The number of aliphatic hydroxyl groups excluding tert-OH is 1. The van der Waals surface area contributed by atoms with Crippen molar-refractivity contribution in [2.75, 3.05) is 32.7 Å². The normalized spacial score (nSPS) is 28.2. The van der Waals surface area contributed by atoms with Gasteiger partial charge in [0.1, 0.15) is 0 Å². The van der Waals surface area contributed by atoms with Crippen molar-refractivity contribution < 1.29 is 5.11 Å². The summed E-state index contributed by atoms with van der Waals surface area (Å²) in [5.74, 6) is 0.943. The van der Waals surface area contributed by atoms with Gasteiger partial charge in [0.15, 0.2) is 5.96 Å². The van der Waals surface area contributed by atoms with Crippen molar-refractivity contribution in [3.8, 4) is 0 Å². The van der Waals surface area contributed by atoms with Gasteiger partial charge in [-0.2, -0.15) is 0 Å². The second-order valence-electron chi connectivity index (χ2n) is 6.67. The highest BCUT2D eigenvalue weighted by Crippen LogP contribution is 2.18. The van der Waals surface area contributed by atoms with Crippen molar-refractivity contribution in [1.82, 2.24) is 15.5 Å². The monoisotopic (exact) mass is 310 g/mol. The first-order valence-electron chi connectivity index (χ1n) is 9.23. The highest BCUT2D eigenvalue weighted by atomic mass is 16.3. The number of guanidine groups is 1. The third-order valence-corrected chi connectivity index (χ3v) is 4.77. The molecule has 0 atom stereocenters. The van der Waals surface area contributed by atoms with Crippen LogP contribution >= 0.6 is 0 Å². The van der Waals surface area contributed by atoms with E-state index in [2.05, 4.69) is 22.5 Å². The molecule has 0 spiro atoms. The number of nitrogens with zero attached hydrogens (tertiary/aromatic N) is 2. The van der Waals surface area contributed by atoms with E-state index < -0.39 is 0 Å². The lowest BCUT2D eigenvalue weighted by molar-refractivity contribution is 0.120. The molecule has 5 heteroatoms. The number of rotatable bonds is 5. The van der Waals surface area contributed by atoms with E-state index in [4.69, 9.17) is 4.99 Å². The van der Waals surface area contributed by atoms with Crippen LogP contribution in [0.1, 0.15) is 58.3 Å². The Labute approximate surface area is 135 Å². The van der Waals surface area contributed by atoms with Crippen LogP contribution in [0.4, 0.5) is 0 Å². The van der Waals surface area contributed by atoms with E-state index in [1.165, 1.54) is 38.8 Å². The highest BCUT2D eigenvalue weighted by Gasteiger charge is 2.19. The van der Waals surface area contributed by atoms with Crippen LogP contribution in [0.3, 0.4) is 0 Å². The van der Waals surface area contributed by atoms with Gasteiger partial charge in [0, 0.05) is 19.1 Å². The molecule has 1 aliphatic carbocycles. The molecular formula is C17H34N4O. The van der Waals surface area contributed by atoms with Crippen LogP contribution in [0.2, 0.25) is 0 Å². The van der Waals surface area contributed by atoms with Gasteiger partial charge in [0.05, 0.1) is 12.6 Å². The SMILES string of the molecule is CCNC(=NCCN1CCCCCC1)NC1CCC(O)CC1. The van der Waals surface area contributed by atoms with E-state index in [0.29, 0.717) is 6.04 Å². The summed E-state index contributed by atoms with van der Waals surface area (Å²) in [6.07, 6.45) is 9.25. The van der Waals surface area contributed by atoms with Gasteiger partial charge in [-0.3, -0.25) is 4.99 Å². The zero-order valence-electron chi connectivity index (χ0n) is 14.2. The Morgan fingerprint density at radius 1 is 1.09 bits per heavy atom. The molecule has 0 amide bonds. The summed E-state index contributed by atoms with van der Waals surface area (Å²) in [5, 5.41) is 16.5. The van der Waals surface area contributed by atoms with E-state index in [1.807, 2.05) is 0 Å². The predicted molar refractivity (Wildman–Crippen MR) is 92.3 cm³/mol. The van der Waals surface area contributed by atoms with Gasteiger partial charge >= 0.3 is 0 Å². The second kappa shape index (κ2) is 10.1.